The summed E-state index contributed by atoms with van der Waals surface area (Å²) in [5, 5.41) is 37.9. The van der Waals surface area contributed by atoms with E-state index in [0.717, 1.165) is 14.2 Å². The molecule has 8 rings (SSSR count). The Labute approximate surface area is 305 Å². The molecule has 5 saturated heterocycles. The van der Waals surface area contributed by atoms with Gasteiger partial charge < -0.3 is 62.7 Å². The molecule has 8 aliphatic rings. The van der Waals surface area contributed by atoms with Gasteiger partial charge in [-0.2, -0.15) is 0 Å². The lowest BCUT2D eigenvalue weighted by Crippen LogP contribution is -2.79. The zero-order chi connectivity index (χ0) is 38.5. The Bertz CT molecular complexity index is 1670. The lowest BCUT2D eigenvalue weighted by atomic mass is 9.37. The van der Waals surface area contributed by atoms with E-state index in [9.17, 15) is 34.5 Å². The second kappa shape index (κ2) is 11.4. The van der Waals surface area contributed by atoms with Gasteiger partial charge >= 0.3 is 23.9 Å². The average molecular weight is 753 g/mol. The van der Waals surface area contributed by atoms with Gasteiger partial charge in [0, 0.05) is 61.0 Å². The monoisotopic (exact) mass is 752 g/mol. The molecule has 17 heteroatoms. The van der Waals surface area contributed by atoms with Gasteiger partial charge in [0.05, 0.1) is 45.7 Å². The third kappa shape index (κ3) is 4.03. The number of hydrogen-bond donors (Lipinski definition) is 3. The van der Waals surface area contributed by atoms with Crippen LogP contribution >= 0.6 is 0 Å². The molecule has 0 radical (unpaired) electrons. The van der Waals surface area contributed by atoms with Crippen molar-refractivity contribution in [2.24, 2.45) is 34.0 Å². The highest BCUT2D eigenvalue weighted by Gasteiger charge is 2.97. The summed E-state index contributed by atoms with van der Waals surface area (Å²) in [6.07, 6.45) is -6.77. The summed E-state index contributed by atoms with van der Waals surface area (Å²) in [6.45, 7) is 6.88. The van der Waals surface area contributed by atoms with Gasteiger partial charge in [-0.05, 0) is 27.2 Å². The van der Waals surface area contributed by atoms with Crippen LogP contribution in [0.2, 0.25) is 0 Å². The van der Waals surface area contributed by atoms with Crippen LogP contribution in [0, 0.1) is 34.0 Å². The maximum Gasteiger partial charge on any atom is 0.366 e. The second-order valence-electron chi connectivity index (χ2n) is 16.4. The van der Waals surface area contributed by atoms with Crippen LogP contribution in [-0.2, 0) is 66.5 Å². The molecule has 8 fully saturated rings. The normalized spacial score (nSPS) is 54.2. The van der Waals surface area contributed by atoms with Crippen LogP contribution in [0.3, 0.4) is 0 Å². The van der Waals surface area contributed by atoms with Crippen molar-refractivity contribution in [2.75, 3.05) is 34.5 Å². The number of epoxide rings is 1. The molecule has 17 atom stereocenters. The lowest BCUT2D eigenvalue weighted by molar-refractivity contribution is -0.321. The SMILES string of the molecule is C/C=C(\C)C(=O)O[C@H]1C[C@@H](OC(C)=O)[C@@]2(C(=O)OC)CO[C@H]3[C@@H](O)[C@@](C)(C45O[C@@]4(C)[C@H]4C[C@@H]5O[C@@H]5O[C@H](OC)C[C@@]54O)[C@H]4[C@]1(CO[C@]4(O)C(=O)OC)[C@@H]32. The van der Waals surface area contributed by atoms with E-state index in [2.05, 4.69) is 0 Å². The van der Waals surface area contributed by atoms with E-state index in [1.54, 1.807) is 33.8 Å². The summed E-state index contributed by atoms with van der Waals surface area (Å²) in [5.41, 5.74) is -9.52. The van der Waals surface area contributed by atoms with Gasteiger partial charge in [-0.1, -0.05) is 13.0 Å². The highest BCUT2D eigenvalue weighted by molar-refractivity contribution is 5.88. The van der Waals surface area contributed by atoms with E-state index >= 15 is 0 Å². The van der Waals surface area contributed by atoms with Crippen LogP contribution in [0.15, 0.2) is 11.6 Å². The van der Waals surface area contributed by atoms with Crippen molar-refractivity contribution in [1.82, 2.24) is 0 Å². The smallest absolute Gasteiger partial charge is 0.366 e. The summed E-state index contributed by atoms with van der Waals surface area (Å²) < 4.78 is 60.0. The number of aliphatic hydroxyl groups is 3. The molecule has 3 aliphatic carbocycles. The van der Waals surface area contributed by atoms with E-state index in [-0.39, 0.29) is 24.8 Å². The fourth-order valence-electron chi connectivity index (χ4n) is 12.7. The molecule has 3 N–H and O–H groups in total. The van der Waals surface area contributed by atoms with Crippen LogP contribution in [0.5, 0.6) is 0 Å². The van der Waals surface area contributed by atoms with Gasteiger partial charge in [-0.3, -0.25) is 9.59 Å². The Hall–Kier alpha value is -2.74. The second-order valence-corrected chi connectivity index (χ2v) is 16.4. The molecular formula is C36H48O17. The van der Waals surface area contributed by atoms with E-state index in [4.69, 9.17) is 47.4 Å². The summed E-state index contributed by atoms with van der Waals surface area (Å²) in [5.74, 6) is -9.82. The quantitative estimate of drug-likeness (QED) is 0.131. The fourth-order valence-corrected chi connectivity index (χ4v) is 12.7. The van der Waals surface area contributed by atoms with Gasteiger partial charge in [0.1, 0.15) is 34.4 Å². The van der Waals surface area contributed by atoms with E-state index in [1.165, 1.54) is 14.0 Å². The van der Waals surface area contributed by atoms with Crippen LogP contribution in [0.25, 0.3) is 0 Å². The molecule has 2 bridgehead atoms. The Morgan fingerprint density at radius 1 is 0.906 bits per heavy atom. The number of rotatable bonds is 7. The van der Waals surface area contributed by atoms with Gasteiger partial charge in [0.25, 0.3) is 5.79 Å². The van der Waals surface area contributed by atoms with Crippen molar-refractivity contribution in [3.8, 4) is 0 Å². The zero-order valence-corrected chi connectivity index (χ0v) is 30.9. The Kier molecular flexibility index (Phi) is 8.01. The molecule has 294 valence electrons. The molecule has 17 nitrogen and oxygen atoms in total. The largest absolute Gasteiger partial charge is 0.468 e. The van der Waals surface area contributed by atoms with Crippen molar-refractivity contribution in [3.63, 3.8) is 0 Å². The number of ether oxygens (including phenoxy) is 10. The van der Waals surface area contributed by atoms with Crippen molar-refractivity contribution < 1.29 is 81.9 Å². The summed E-state index contributed by atoms with van der Waals surface area (Å²) in [6, 6.07) is 0. The van der Waals surface area contributed by atoms with E-state index < -0.39 is 137 Å². The minimum absolute atomic E-state index is 0.0672. The Balaban J connectivity index is 1.38. The number of carbonyl (C=O) groups is 4. The topological polar surface area (TPSA) is 225 Å². The number of allylic oxidation sites excluding steroid dienone is 1. The summed E-state index contributed by atoms with van der Waals surface area (Å²) >= 11 is 0. The molecule has 1 unspecified atom stereocenters. The van der Waals surface area contributed by atoms with Gasteiger partial charge in [-0.15, -0.1) is 0 Å². The molecule has 0 aromatic heterocycles. The van der Waals surface area contributed by atoms with E-state index in [1.807, 2.05) is 0 Å². The van der Waals surface area contributed by atoms with Crippen LogP contribution in [0.4, 0.5) is 0 Å². The summed E-state index contributed by atoms with van der Waals surface area (Å²) in [7, 11) is 3.69. The number of carbonyl (C=O) groups excluding carboxylic acids is 4. The van der Waals surface area contributed by atoms with Crippen molar-refractivity contribution in [3.05, 3.63) is 11.6 Å². The molecule has 1 spiro atoms. The minimum Gasteiger partial charge on any atom is -0.468 e. The van der Waals surface area contributed by atoms with E-state index in [0.29, 0.717) is 0 Å². The number of hydrogen-bond acceptors (Lipinski definition) is 17. The molecule has 5 aliphatic heterocycles. The highest BCUT2D eigenvalue weighted by Crippen LogP contribution is 2.83. The number of fused-ring (bicyclic) bond motifs is 7. The molecule has 0 aromatic rings. The number of esters is 4. The van der Waals surface area contributed by atoms with Gasteiger partial charge in [-0.25, -0.2) is 9.59 Å². The maximum atomic E-state index is 14.2. The average Bonchev–Trinajstić information content (AvgIpc) is 3.47. The number of aliphatic hydroxyl groups excluding tert-OH is 1. The van der Waals surface area contributed by atoms with Crippen LogP contribution in [0.1, 0.15) is 53.9 Å². The maximum absolute atomic E-state index is 14.2. The first kappa shape index (κ1) is 37.2. The van der Waals surface area contributed by atoms with Gasteiger partial charge in [0.2, 0.25) is 0 Å². The van der Waals surface area contributed by atoms with Crippen LogP contribution < -0.4 is 0 Å². The molecule has 5 heterocycles. The predicted octanol–water partition coefficient (Wildman–Crippen LogP) is -0.354. The fraction of sp³-hybridized carbons (Fsp3) is 0.833. The standard InChI is InChI=1S/C36H48O17/c1-9-15(2)25(39)50-18-11-19(49-16(3)37)33(27(40)45-7)13-47-22-23(33)32(18)14-48-35(43,28(41)46-8)26(32)30(4,24(22)38)36-20-10-17(31(36,5)53-36)34(42)12-21(44-6)52-29(34)51-20/h9,17-24,26,29,38,42-43H,10-14H2,1-8H3/b15-9+/t17-,18+,19-,20+,21+,22-,23-,24-,26+,29-,30-,31+,32+,33+,34+,35+,36?/m1/s1. The van der Waals surface area contributed by atoms with Crippen molar-refractivity contribution in [2.45, 2.75) is 120 Å². The van der Waals surface area contributed by atoms with Crippen molar-refractivity contribution >= 4 is 23.9 Å². The zero-order valence-electron chi connectivity index (χ0n) is 30.9. The predicted molar refractivity (Wildman–Crippen MR) is 171 cm³/mol. The Morgan fingerprint density at radius 3 is 2.23 bits per heavy atom. The lowest BCUT2D eigenvalue weighted by Gasteiger charge is -2.65. The summed E-state index contributed by atoms with van der Waals surface area (Å²) in [4.78, 5) is 54.6. The molecular weight excluding hydrogens is 704 g/mol. The minimum atomic E-state index is -2.84. The molecule has 53 heavy (non-hydrogen) atoms. The third-order valence-electron chi connectivity index (χ3n) is 14.7. The first-order valence-electron chi connectivity index (χ1n) is 18.0. The highest BCUT2D eigenvalue weighted by atomic mass is 16.8. The van der Waals surface area contributed by atoms with Gasteiger partial charge in [0.15, 0.2) is 12.6 Å². The number of methoxy groups -OCH3 is 3. The molecule has 3 saturated carbocycles. The van der Waals surface area contributed by atoms with Crippen LogP contribution in [-0.4, -0.2) is 139 Å². The molecule has 0 amide bonds. The Morgan fingerprint density at radius 2 is 1.60 bits per heavy atom. The molecule has 0 aromatic carbocycles. The third-order valence-corrected chi connectivity index (χ3v) is 14.7. The van der Waals surface area contributed by atoms with Crippen molar-refractivity contribution in [1.29, 1.82) is 0 Å². The first-order valence-corrected chi connectivity index (χ1v) is 18.0. The first-order chi connectivity index (χ1) is 24.9.